The van der Waals surface area contributed by atoms with Crippen molar-refractivity contribution in [2.24, 2.45) is 17.7 Å². The normalized spacial score (nSPS) is 20.8. The molecule has 0 saturated carbocycles. The first kappa shape index (κ1) is 30.6. The van der Waals surface area contributed by atoms with E-state index >= 15 is 0 Å². The number of alkyl carbamates (subject to hydrolysis) is 1. The summed E-state index contributed by atoms with van der Waals surface area (Å²) in [5.41, 5.74) is 0.333. The van der Waals surface area contributed by atoms with Crippen molar-refractivity contribution in [2.45, 2.75) is 97.6 Å². The van der Waals surface area contributed by atoms with Gasteiger partial charge in [0.15, 0.2) is 5.72 Å². The molecule has 4 atom stereocenters. The summed E-state index contributed by atoms with van der Waals surface area (Å²) in [7, 11) is 0. The quantitative estimate of drug-likeness (QED) is 0.102. The van der Waals surface area contributed by atoms with E-state index in [0.717, 1.165) is 5.57 Å². The molecule has 0 radical (unpaired) electrons. The fourth-order valence-electron chi connectivity index (χ4n) is 3.77. The minimum Gasteiger partial charge on any atom is -0.460 e. The zero-order chi connectivity index (χ0) is 27.0. The summed E-state index contributed by atoms with van der Waals surface area (Å²) in [6, 6.07) is -0.493. The average Bonchev–Trinajstić information content (AvgIpc) is 2.66. The van der Waals surface area contributed by atoms with Crippen molar-refractivity contribution >= 4 is 18.0 Å². The van der Waals surface area contributed by atoms with Crippen LogP contribution >= 0.6 is 0 Å². The molecule has 1 aliphatic carbocycles. The first-order valence-electron chi connectivity index (χ1n) is 12.0. The van der Waals surface area contributed by atoms with E-state index in [2.05, 4.69) is 16.1 Å². The monoisotopic (exact) mass is 496 g/mol. The molecule has 0 aromatic carbocycles. The molecule has 10 nitrogen and oxygen atoms in total. The van der Waals surface area contributed by atoms with Crippen LogP contribution in [-0.4, -0.2) is 52.6 Å². The zero-order valence-corrected chi connectivity index (χ0v) is 22.4. The number of hydrazine groups is 1. The Morgan fingerprint density at radius 3 is 2.20 bits per heavy atom. The van der Waals surface area contributed by atoms with Crippen molar-refractivity contribution in [1.82, 2.24) is 16.1 Å². The Morgan fingerprint density at radius 2 is 1.71 bits per heavy atom. The molecule has 1 aliphatic rings. The van der Waals surface area contributed by atoms with Crippen molar-refractivity contribution in [3.05, 3.63) is 23.8 Å². The van der Waals surface area contributed by atoms with E-state index in [9.17, 15) is 19.5 Å². The van der Waals surface area contributed by atoms with Crippen molar-refractivity contribution in [3.63, 3.8) is 0 Å². The van der Waals surface area contributed by atoms with Crippen LogP contribution in [0.2, 0.25) is 0 Å². The zero-order valence-electron chi connectivity index (χ0n) is 22.4. The van der Waals surface area contributed by atoms with Crippen LogP contribution in [0.15, 0.2) is 23.8 Å². The molecule has 0 heterocycles. The molecule has 0 spiro atoms. The number of nitrogens with one attached hydrogen (secondary N) is 3. The van der Waals surface area contributed by atoms with Crippen LogP contribution in [0.5, 0.6) is 0 Å². The van der Waals surface area contributed by atoms with Gasteiger partial charge in [-0.1, -0.05) is 19.1 Å². The molecule has 0 aromatic rings. The van der Waals surface area contributed by atoms with Crippen LogP contribution < -0.4 is 21.9 Å². The number of nitrogens with two attached hydrogens (primary N) is 1. The molecule has 1 rings (SSSR count). The summed E-state index contributed by atoms with van der Waals surface area (Å²) in [6.45, 7) is 14.7. The van der Waals surface area contributed by atoms with Gasteiger partial charge in [-0.15, -0.1) is 0 Å². The predicted molar refractivity (Wildman–Crippen MR) is 134 cm³/mol. The number of allylic oxidation sites excluding steroid dienone is 1. The van der Waals surface area contributed by atoms with Crippen LogP contribution in [0, 0.1) is 11.8 Å². The molecule has 0 bridgehead atoms. The molecule has 6 N–H and O–H groups in total. The number of hydrogen-bond acceptors (Lipinski definition) is 8. The number of esters is 1. The number of amides is 2. The summed E-state index contributed by atoms with van der Waals surface area (Å²) in [6.07, 6.45) is 5.19. The molecule has 0 fully saturated rings. The van der Waals surface area contributed by atoms with E-state index in [4.69, 9.17) is 15.3 Å². The van der Waals surface area contributed by atoms with Gasteiger partial charge < -0.3 is 25.2 Å². The standard InChI is InChI=1S/C25H44N4O6/c1-16(21(31)34-23(3,4)5)20(17(2)28-22(32)35-24(6,7)8)18-11-13-25(33,14-12-18)29-19(30)10-9-15-27-26/h11-13,16-17,20,27,33H,9-10,14-15,26H2,1-8H3,(H,28,32)(H,29,30). The Bertz CT molecular complexity index is 812. The van der Waals surface area contributed by atoms with Gasteiger partial charge in [-0.25, -0.2) is 4.79 Å². The Kier molecular flexibility index (Phi) is 10.9. The van der Waals surface area contributed by atoms with E-state index in [1.807, 2.05) is 0 Å². The third-order valence-corrected chi connectivity index (χ3v) is 5.27. The van der Waals surface area contributed by atoms with Gasteiger partial charge in [-0.2, -0.15) is 0 Å². The SMILES string of the molecule is CC(NC(=O)OC(C)(C)C)C(C1=CCC(O)(NC(=O)CCCNN)C=C1)C(C)C(=O)OC(C)(C)C. The van der Waals surface area contributed by atoms with Gasteiger partial charge in [-0.3, -0.25) is 20.9 Å². The average molecular weight is 497 g/mol. The van der Waals surface area contributed by atoms with E-state index in [1.165, 1.54) is 6.08 Å². The van der Waals surface area contributed by atoms with Gasteiger partial charge in [0, 0.05) is 31.3 Å². The molecular weight excluding hydrogens is 452 g/mol. The molecule has 200 valence electrons. The highest BCUT2D eigenvalue weighted by Gasteiger charge is 2.37. The largest absolute Gasteiger partial charge is 0.460 e. The molecule has 35 heavy (non-hydrogen) atoms. The summed E-state index contributed by atoms with van der Waals surface area (Å²) >= 11 is 0. The minimum atomic E-state index is -1.54. The minimum absolute atomic E-state index is 0.108. The summed E-state index contributed by atoms with van der Waals surface area (Å²) < 4.78 is 11.0. The van der Waals surface area contributed by atoms with Gasteiger partial charge in [-0.05, 0) is 66.5 Å². The van der Waals surface area contributed by atoms with E-state index in [1.54, 1.807) is 67.5 Å². The molecule has 4 unspecified atom stereocenters. The maximum Gasteiger partial charge on any atom is 0.407 e. The first-order valence-corrected chi connectivity index (χ1v) is 12.0. The second-order valence-electron chi connectivity index (χ2n) is 11.1. The second-order valence-corrected chi connectivity index (χ2v) is 11.1. The van der Waals surface area contributed by atoms with E-state index in [0.29, 0.717) is 13.0 Å². The van der Waals surface area contributed by atoms with E-state index < -0.39 is 46.9 Å². The maximum atomic E-state index is 12.9. The molecule has 0 aliphatic heterocycles. The Hall–Kier alpha value is -2.43. The number of carbonyl (C=O) groups is 3. The van der Waals surface area contributed by atoms with Crippen LogP contribution in [-0.2, 0) is 19.1 Å². The predicted octanol–water partition coefficient (Wildman–Crippen LogP) is 2.43. The van der Waals surface area contributed by atoms with Crippen molar-refractivity contribution < 1.29 is 29.0 Å². The number of hydrogen-bond donors (Lipinski definition) is 5. The number of ether oxygens (including phenoxy) is 2. The third kappa shape index (κ3) is 11.2. The van der Waals surface area contributed by atoms with Crippen LogP contribution in [0.4, 0.5) is 4.79 Å². The van der Waals surface area contributed by atoms with Crippen LogP contribution in [0.3, 0.4) is 0 Å². The fourth-order valence-corrected chi connectivity index (χ4v) is 3.77. The highest BCUT2D eigenvalue weighted by molar-refractivity contribution is 5.77. The maximum absolute atomic E-state index is 12.9. The number of rotatable bonds is 10. The molecule has 2 amide bonds. The van der Waals surface area contributed by atoms with Gasteiger partial charge in [0.1, 0.15) is 11.2 Å². The van der Waals surface area contributed by atoms with Crippen LogP contribution in [0.25, 0.3) is 0 Å². The lowest BCUT2D eigenvalue weighted by molar-refractivity contribution is -0.161. The first-order chi connectivity index (χ1) is 16.0. The van der Waals surface area contributed by atoms with Crippen molar-refractivity contribution in [3.8, 4) is 0 Å². The molecular formula is C25H44N4O6. The smallest absolute Gasteiger partial charge is 0.407 e. The highest BCUT2D eigenvalue weighted by atomic mass is 16.6. The van der Waals surface area contributed by atoms with Crippen LogP contribution in [0.1, 0.15) is 74.7 Å². The summed E-state index contributed by atoms with van der Waals surface area (Å²) in [5, 5.41) is 16.3. The van der Waals surface area contributed by atoms with Gasteiger partial charge >= 0.3 is 12.1 Å². The Morgan fingerprint density at radius 1 is 1.11 bits per heavy atom. The lowest BCUT2D eigenvalue weighted by Crippen LogP contribution is -2.49. The second kappa shape index (κ2) is 12.5. The van der Waals surface area contributed by atoms with Gasteiger partial charge in [0.2, 0.25) is 5.91 Å². The third-order valence-electron chi connectivity index (χ3n) is 5.27. The lowest BCUT2D eigenvalue weighted by Gasteiger charge is -2.35. The fraction of sp³-hybridized carbons (Fsp3) is 0.720. The highest BCUT2D eigenvalue weighted by Crippen LogP contribution is 2.32. The molecule has 0 aromatic heterocycles. The van der Waals surface area contributed by atoms with Gasteiger partial charge in [0.25, 0.3) is 0 Å². The Labute approximate surface area is 209 Å². The molecule has 10 heteroatoms. The lowest BCUT2D eigenvalue weighted by atomic mass is 9.78. The van der Waals surface area contributed by atoms with E-state index in [-0.39, 0.29) is 18.7 Å². The number of aliphatic hydroxyl groups is 1. The van der Waals surface area contributed by atoms with Crippen molar-refractivity contribution in [2.75, 3.05) is 6.54 Å². The van der Waals surface area contributed by atoms with Crippen molar-refractivity contribution in [1.29, 1.82) is 0 Å². The summed E-state index contributed by atoms with van der Waals surface area (Å²) in [5.74, 6) is 3.43. The Balaban J connectivity index is 3.07. The summed E-state index contributed by atoms with van der Waals surface area (Å²) in [4.78, 5) is 37.5. The number of carbonyl (C=O) groups excluding carboxylic acids is 3. The van der Waals surface area contributed by atoms with Gasteiger partial charge in [0.05, 0.1) is 5.92 Å². The topological polar surface area (TPSA) is 152 Å². The molecule has 0 saturated heterocycles.